The molecule has 0 bridgehead atoms. The van der Waals surface area contributed by atoms with Crippen molar-refractivity contribution in [2.75, 3.05) is 18.0 Å². The van der Waals surface area contributed by atoms with Gasteiger partial charge in [0.2, 0.25) is 0 Å². The van der Waals surface area contributed by atoms with E-state index in [9.17, 15) is 0 Å². The Balaban J connectivity index is 1.49. The number of hydrogen-bond donors (Lipinski definition) is 0. The van der Waals surface area contributed by atoms with Crippen LogP contribution in [-0.2, 0) is 6.54 Å². The minimum Gasteiger partial charge on any atom is -0.355 e. The quantitative estimate of drug-likeness (QED) is 0.738. The van der Waals surface area contributed by atoms with Crippen LogP contribution in [0.2, 0.25) is 0 Å². The Morgan fingerprint density at radius 3 is 2.86 bits per heavy atom. The molecule has 5 heteroatoms. The number of anilines is 1. The van der Waals surface area contributed by atoms with Crippen molar-refractivity contribution in [3.63, 3.8) is 0 Å². The normalized spacial score (nSPS) is 15.4. The van der Waals surface area contributed by atoms with Crippen LogP contribution in [0.25, 0.3) is 10.9 Å². The lowest BCUT2D eigenvalue weighted by molar-refractivity contribution is 0.341. The number of aryl methyl sites for hydroxylation is 1. The fourth-order valence-corrected chi connectivity index (χ4v) is 2.93. The fourth-order valence-electron chi connectivity index (χ4n) is 2.93. The van der Waals surface area contributed by atoms with Crippen molar-refractivity contribution in [1.29, 1.82) is 0 Å². The highest BCUT2D eigenvalue weighted by atomic mass is 15.3. The van der Waals surface area contributed by atoms with Crippen LogP contribution in [0.3, 0.4) is 0 Å². The van der Waals surface area contributed by atoms with E-state index in [-0.39, 0.29) is 0 Å². The molecule has 0 N–H and O–H groups in total. The molecule has 0 radical (unpaired) electrons. The molecule has 4 rings (SSSR count). The third-order valence-electron chi connectivity index (χ3n) is 3.99. The van der Waals surface area contributed by atoms with E-state index in [1.54, 1.807) is 6.33 Å². The van der Waals surface area contributed by atoms with Gasteiger partial charge in [0, 0.05) is 37.1 Å². The Labute approximate surface area is 123 Å². The second kappa shape index (κ2) is 4.84. The summed E-state index contributed by atoms with van der Waals surface area (Å²) in [5, 5.41) is 5.49. The first-order valence-electron chi connectivity index (χ1n) is 7.23. The number of nitrogens with zero attached hydrogens (tertiary/aromatic N) is 5. The minimum absolute atomic E-state index is 0.637. The SMILES string of the molecule is Cc1cnn(CC2CN(c3ncnc4ccccc34)C2)c1. The fraction of sp³-hybridized carbons (Fsp3) is 0.312. The number of para-hydroxylation sites is 1. The number of fused-ring (bicyclic) bond motifs is 1. The molecule has 0 atom stereocenters. The molecular formula is C16H17N5. The van der Waals surface area contributed by atoms with Crippen molar-refractivity contribution >= 4 is 16.7 Å². The summed E-state index contributed by atoms with van der Waals surface area (Å²) in [5.74, 6) is 1.69. The smallest absolute Gasteiger partial charge is 0.139 e. The highest BCUT2D eigenvalue weighted by Crippen LogP contribution is 2.29. The molecule has 0 aliphatic carbocycles. The van der Waals surface area contributed by atoms with Gasteiger partial charge in [-0.2, -0.15) is 5.10 Å². The van der Waals surface area contributed by atoms with E-state index < -0.39 is 0 Å². The highest BCUT2D eigenvalue weighted by Gasteiger charge is 2.29. The predicted molar refractivity (Wildman–Crippen MR) is 82.2 cm³/mol. The Bertz CT molecular complexity index is 768. The maximum atomic E-state index is 4.47. The molecule has 21 heavy (non-hydrogen) atoms. The first-order chi connectivity index (χ1) is 10.3. The van der Waals surface area contributed by atoms with Crippen LogP contribution in [0.15, 0.2) is 43.0 Å². The third-order valence-corrected chi connectivity index (χ3v) is 3.99. The zero-order valence-electron chi connectivity index (χ0n) is 12.0. The molecule has 2 aromatic heterocycles. The van der Waals surface area contributed by atoms with Gasteiger partial charge in [0.1, 0.15) is 12.1 Å². The second-order valence-corrected chi connectivity index (χ2v) is 5.73. The zero-order chi connectivity index (χ0) is 14.2. The molecule has 3 heterocycles. The first-order valence-corrected chi connectivity index (χ1v) is 7.23. The lowest BCUT2D eigenvalue weighted by Gasteiger charge is -2.40. The Hall–Kier alpha value is -2.43. The van der Waals surface area contributed by atoms with Crippen LogP contribution in [0.4, 0.5) is 5.82 Å². The maximum Gasteiger partial charge on any atom is 0.139 e. The number of rotatable bonds is 3. The summed E-state index contributed by atoms with van der Waals surface area (Å²) in [6, 6.07) is 8.18. The lowest BCUT2D eigenvalue weighted by Crippen LogP contribution is -2.49. The highest BCUT2D eigenvalue weighted by molar-refractivity contribution is 5.89. The van der Waals surface area contributed by atoms with Gasteiger partial charge in [-0.15, -0.1) is 0 Å². The standard InChI is InChI=1S/C16H17N5/c1-12-6-19-21(7-12)10-13-8-20(9-13)16-14-4-2-3-5-15(14)17-11-18-16/h2-7,11,13H,8-10H2,1H3. The van der Waals surface area contributed by atoms with Gasteiger partial charge >= 0.3 is 0 Å². The average Bonchev–Trinajstić information content (AvgIpc) is 2.87. The summed E-state index contributed by atoms with van der Waals surface area (Å²) in [7, 11) is 0. The summed E-state index contributed by atoms with van der Waals surface area (Å²) in [6.07, 6.45) is 5.67. The van der Waals surface area contributed by atoms with E-state index in [1.807, 2.05) is 29.1 Å². The molecule has 1 aliphatic rings. The van der Waals surface area contributed by atoms with E-state index in [2.05, 4.69) is 39.2 Å². The zero-order valence-corrected chi connectivity index (χ0v) is 12.0. The van der Waals surface area contributed by atoms with Crippen LogP contribution in [0, 0.1) is 12.8 Å². The number of hydrogen-bond acceptors (Lipinski definition) is 4. The molecule has 1 fully saturated rings. The molecule has 0 amide bonds. The largest absolute Gasteiger partial charge is 0.355 e. The predicted octanol–water partition coefficient (Wildman–Crippen LogP) is 2.27. The molecule has 5 nitrogen and oxygen atoms in total. The molecule has 3 aromatic rings. The van der Waals surface area contributed by atoms with Crippen molar-refractivity contribution in [1.82, 2.24) is 19.7 Å². The van der Waals surface area contributed by atoms with Crippen molar-refractivity contribution in [2.24, 2.45) is 5.92 Å². The average molecular weight is 279 g/mol. The van der Waals surface area contributed by atoms with Gasteiger partial charge in [0.05, 0.1) is 11.7 Å². The third kappa shape index (κ3) is 2.24. The van der Waals surface area contributed by atoms with Crippen LogP contribution >= 0.6 is 0 Å². The van der Waals surface area contributed by atoms with Gasteiger partial charge in [-0.1, -0.05) is 12.1 Å². The number of aromatic nitrogens is 4. The van der Waals surface area contributed by atoms with E-state index in [0.29, 0.717) is 5.92 Å². The van der Waals surface area contributed by atoms with E-state index >= 15 is 0 Å². The molecule has 0 spiro atoms. The summed E-state index contributed by atoms with van der Waals surface area (Å²) < 4.78 is 2.04. The van der Waals surface area contributed by atoms with Crippen molar-refractivity contribution in [3.8, 4) is 0 Å². The second-order valence-electron chi connectivity index (χ2n) is 5.73. The minimum atomic E-state index is 0.637. The van der Waals surface area contributed by atoms with Crippen LogP contribution in [0.5, 0.6) is 0 Å². The van der Waals surface area contributed by atoms with Crippen molar-refractivity contribution in [2.45, 2.75) is 13.5 Å². The van der Waals surface area contributed by atoms with E-state index in [1.165, 1.54) is 5.56 Å². The van der Waals surface area contributed by atoms with Crippen LogP contribution in [0.1, 0.15) is 5.56 Å². The molecule has 0 unspecified atom stereocenters. The lowest BCUT2D eigenvalue weighted by atomic mass is 9.99. The summed E-state index contributed by atoms with van der Waals surface area (Å²) >= 11 is 0. The monoisotopic (exact) mass is 279 g/mol. The molecule has 0 saturated carbocycles. The molecule has 1 saturated heterocycles. The first kappa shape index (κ1) is 12.3. The van der Waals surface area contributed by atoms with Gasteiger partial charge in [0.15, 0.2) is 0 Å². The summed E-state index contributed by atoms with van der Waals surface area (Å²) in [6.45, 7) is 5.11. The Morgan fingerprint density at radius 1 is 1.19 bits per heavy atom. The van der Waals surface area contributed by atoms with E-state index in [0.717, 1.165) is 36.4 Å². The van der Waals surface area contributed by atoms with Crippen LogP contribution in [-0.4, -0.2) is 32.8 Å². The maximum absolute atomic E-state index is 4.47. The molecule has 106 valence electrons. The molecule has 1 aliphatic heterocycles. The van der Waals surface area contributed by atoms with Gasteiger partial charge < -0.3 is 4.90 Å². The summed E-state index contributed by atoms with van der Waals surface area (Å²) in [4.78, 5) is 11.1. The Morgan fingerprint density at radius 2 is 2.05 bits per heavy atom. The number of benzene rings is 1. The Kier molecular flexibility index (Phi) is 2.84. The van der Waals surface area contributed by atoms with Gasteiger partial charge in [-0.05, 0) is 24.6 Å². The van der Waals surface area contributed by atoms with Gasteiger partial charge in [0.25, 0.3) is 0 Å². The summed E-state index contributed by atoms with van der Waals surface area (Å²) in [5.41, 5.74) is 2.22. The van der Waals surface area contributed by atoms with Gasteiger partial charge in [-0.3, -0.25) is 4.68 Å². The van der Waals surface area contributed by atoms with Gasteiger partial charge in [-0.25, -0.2) is 9.97 Å². The van der Waals surface area contributed by atoms with Crippen LogP contribution < -0.4 is 4.90 Å². The topological polar surface area (TPSA) is 46.8 Å². The molecular weight excluding hydrogens is 262 g/mol. The van der Waals surface area contributed by atoms with Crippen molar-refractivity contribution < 1.29 is 0 Å². The van der Waals surface area contributed by atoms with Crippen molar-refractivity contribution in [3.05, 3.63) is 48.5 Å². The van der Waals surface area contributed by atoms with E-state index in [4.69, 9.17) is 0 Å². The molecule has 1 aromatic carbocycles.